The number of piperidine rings is 1. The maximum absolute atomic E-state index is 10.9. The summed E-state index contributed by atoms with van der Waals surface area (Å²) in [6.07, 6.45) is 1.45. The first-order chi connectivity index (χ1) is 8.74. The van der Waals surface area contributed by atoms with Gasteiger partial charge in [-0.1, -0.05) is 0 Å². The van der Waals surface area contributed by atoms with E-state index in [1.165, 1.54) is 4.70 Å². The average Bonchev–Trinajstić information content (AvgIpc) is 2.86. The molecule has 1 aliphatic rings. The van der Waals surface area contributed by atoms with E-state index in [1.807, 2.05) is 5.51 Å². The normalized spacial score (nSPS) is 17.2. The molecule has 0 unspecified atom stereocenters. The molecule has 0 radical (unpaired) electrons. The van der Waals surface area contributed by atoms with Crippen LogP contribution in [0.15, 0.2) is 23.7 Å². The van der Waals surface area contributed by atoms with Gasteiger partial charge in [-0.25, -0.2) is 4.98 Å². The summed E-state index contributed by atoms with van der Waals surface area (Å²) in [5.74, 6) is -0.839. The topological polar surface area (TPSA) is 53.4 Å². The van der Waals surface area contributed by atoms with E-state index in [0.29, 0.717) is 0 Å². The van der Waals surface area contributed by atoms with Gasteiger partial charge in [0.2, 0.25) is 0 Å². The summed E-state index contributed by atoms with van der Waals surface area (Å²) in [7, 11) is 0. The van der Waals surface area contributed by atoms with Gasteiger partial charge in [0.1, 0.15) is 0 Å². The van der Waals surface area contributed by atoms with Crippen molar-refractivity contribution in [3.05, 3.63) is 23.7 Å². The van der Waals surface area contributed by atoms with E-state index in [-0.39, 0.29) is 5.92 Å². The third-order valence-corrected chi connectivity index (χ3v) is 4.33. The van der Waals surface area contributed by atoms with Crippen LogP contribution in [0.2, 0.25) is 0 Å². The molecule has 0 bridgehead atoms. The molecule has 1 saturated heterocycles. The highest BCUT2D eigenvalue weighted by Crippen LogP contribution is 2.27. The molecule has 94 valence electrons. The second-order valence-electron chi connectivity index (χ2n) is 4.60. The monoisotopic (exact) mass is 262 g/mol. The summed E-state index contributed by atoms with van der Waals surface area (Å²) in [5, 5.41) is 8.98. The van der Waals surface area contributed by atoms with Crippen LogP contribution in [0.3, 0.4) is 0 Å². The minimum atomic E-state index is -0.662. The molecule has 0 aliphatic carbocycles. The lowest BCUT2D eigenvalue weighted by molar-refractivity contribution is -0.142. The van der Waals surface area contributed by atoms with Gasteiger partial charge in [-0.15, -0.1) is 11.3 Å². The maximum atomic E-state index is 10.9. The van der Waals surface area contributed by atoms with Crippen LogP contribution in [0.1, 0.15) is 12.8 Å². The van der Waals surface area contributed by atoms with Crippen molar-refractivity contribution in [1.29, 1.82) is 0 Å². The fraction of sp³-hybridized carbons (Fsp3) is 0.385. The predicted molar refractivity (Wildman–Crippen MR) is 72.2 cm³/mol. The Bertz CT molecular complexity index is 573. The number of carbonyl (C=O) groups is 1. The van der Waals surface area contributed by atoms with Gasteiger partial charge in [-0.05, 0) is 31.0 Å². The molecule has 0 atom stereocenters. The smallest absolute Gasteiger partial charge is 0.306 e. The molecule has 1 aliphatic heterocycles. The minimum absolute atomic E-state index is 0.177. The molecule has 1 fully saturated rings. The highest BCUT2D eigenvalue weighted by atomic mass is 32.1. The number of benzene rings is 1. The molecular formula is C13H14N2O2S. The highest BCUT2D eigenvalue weighted by Gasteiger charge is 2.24. The molecule has 2 heterocycles. The molecule has 1 N–H and O–H groups in total. The zero-order valence-electron chi connectivity index (χ0n) is 9.87. The molecule has 1 aromatic carbocycles. The highest BCUT2D eigenvalue weighted by molar-refractivity contribution is 7.16. The lowest BCUT2D eigenvalue weighted by Crippen LogP contribution is -2.36. The van der Waals surface area contributed by atoms with Crippen LogP contribution in [0.4, 0.5) is 5.69 Å². The van der Waals surface area contributed by atoms with E-state index in [1.54, 1.807) is 11.3 Å². The van der Waals surface area contributed by atoms with Gasteiger partial charge < -0.3 is 10.0 Å². The van der Waals surface area contributed by atoms with Crippen LogP contribution in [0, 0.1) is 5.92 Å². The number of aliphatic carboxylic acids is 1. The second-order valence-corrected chi connectivity index (χ2v) is 5.49. The van der Waals surface area contributed by atoms with E-state index in [9.17, 15) is 4.79 Å². The zero-order chi connectivity index (χ0) is 12.5. The molecule has 4 nitrogen and oxygen atoms in total. The van der Waals surface area contributed by atoms with Crippen LogP contribution >= 0.6 is 11.3 Å². The maximum Gasteiger partial charge on any atom is 0.306 e. The van der Waals surface area contributed by atoms with E-state index in [0.717, 1.165) is 37.1 Å². The van der Waals surface area contributed by atoms with Gasteiger partial charge in [0.15, 0.2) is 0 Å². The summed E-state index contributed by atoms with van der Waals surface area (Å²) in [5.41, 5.74) is 4.03. The molecular weight excluding hydrogens is 248 g/mol. The van der Waals surface area contributed by atoms with E-state index in [2.05, 4.69) is 28.1 Å². The Balaban J connectivity index is 1.77. The number of fused-ring (bicyclic) bond motifs is 1. The quantitative estimate of drug-likeness (QED) is 0.904. The zero-order valence-corrected chi connectivity index (χ0v) is 10.7. The number of carboxylic acid groups (broad SMARTS) is 1. The number of hydrogen-bond acceptors (Lipinski definition) is 4. The largest absolute Gasteiger partial charge is 0.481 e. The molecule has 0 saturated carbocycles. The van der Waals surface area contributed by atoms with Gasteiger partial charge in [-0.2, -0.15) is 0 Å². The van der Waals surface area contributed by atoms with Gasteiger partial charge in [0.05, 0.1) is 21.6 Å². The Kier molecular flexibility index (Phi) is 2.91. The molecule has 0 spiro atoms. The lowest BCUT2D eigenvalue weighted by atomic mass is 9.97. The summed E-state index contributed by atoms with van der Waals surface area (Å²) in [6.45, 7) is 1.62. The molecule has 5 heteroatoms. The number of nitrogens with zero attached hydrogens (tertiary/aromatic N) is 2. The van der Waals surface area contributed by atoms with Gasteiger partial charge in [0.25, 0.3) is 0 Å². The Hall–Kier alpha value is -1.62. The first-order valence-electron chi connectivity index (χ1n) is 6.05. The average molecular weight is 262 g/mol. The van der Waals surface area contributed by atoms with Crippen LogP contribution in [0.25, 0.3) is 10.2 Å². The third-order valence-electron chi connectivity index (χ3n) is 3.52. The number of hydrogen-bond donors (Lipinski definition) is 1. The lowest BCUT2D eigenvalue weighted by Gasteiger charge is -2.31. The fourth-order valence-corrected chi connectivity index (χ4v) is 3.09. The summed E-state index contributed by atoms with van der Waals surface area (Å²) in [6, 6.07) is 6.28. The standard InChI is InChI=1S/C13H14N2O2S/c16-13(17)9-3-5-15(6-4-9)10-1-2-12-11(7-10)14-8-18-12/h1-2,7-9H,3-6H2,(H,16,17). The number of carboxylic acids is 1. The van der Waals surface area contributed by atoms with E-state index >= 15 is 0 Å². The van der Waals surface area contributed by atoms with Crippen LogP contribution in [-0.2, 0) is 4.79 Å². The summed E-state index contributed by atoms with van der Waals surface area (Å²) >= 11 is 1.64. The van der Waals surface area contributed by atoms with E-state index < -0.39 is 5.97 Å². The molecule has 0 amide bonds. The van der Waals surface area contributed by atoms with Crippen molar-refractivity contribution in [1.82, 2.24) is 4.98 Å². The molecule has 18 heavy (non-hydrogen) atoms. The molecule has 2 aromatic rings. The fourth-order valence-electron chi connectivity index (χ4n) is 2.43. The third kappa shape index (κ3) is 2.06. The van der Waals surface area contributed by atoms with Gasteiger partial charge in [-0.3, -0.25) is 4.79 Å². The Morgan fingerprint density at radius 3 is 2.89 bits per heavy atom. The van der Waals surface area contributed by atoms with Crippen molar-refractivity contribution in [3.8, 4) is 0 Å². The van der Waals surface area contributed by atoms with Gasteiger partial charge >= 0.3 is 5.97 Å². The predicted octanol–water partition coefficient (Wildman–Crippen LogP) is 2.60. The summed E-state index contributed by atoms with van der Waals surface area (Å²) < 4.78 is 1.19. The van der Waals surface area contributed by atoms with E-state index in [4.69, 9.17) is 5.11 Å². The molecule has 3 rings (SSSR count). The Labute approximate surface area is 109 Å². The first kappa shape index (κ1) is 11.5. The van der Waals surface area contributed by atoms with Crippen LogP contribution in [0.5, 0.6) is 0 Å². The van der Waals surface area contributed by atoms with Crippen molar-refractivity contribution >= 4 is 33.2 Å². The van der Waals surface area contributed by atoms with Crippen molar-refractivity contribution in [2.45, 2.75) is 12.8 Å². The SMILES string of the molecule is O=C(O)C1CCN(c2ccc3scnc3c2)CC1. The number of rotatable bonds is 2. The second kappa shape index (κ2) is 4.57. The van der Waals surface area contributed by atoms with Crippen molar-refractivity contribution in [2.75, 3.05) is 18.0 Å². The minimum Gasteiger partial charge on any atom is -0.481 e. The van der Waals surface area contributed by atoms with Crippen LogP contribution in [-0.4, -0.2) is 29.1 Å². The van der Waals surface area contributed by atoms with Crippen LogP contribution < -0.4 is 4.90 Å². The number of thiazole rings is 1. The van der Waals surface area contributed by atoms with Crippen molar-refractivity contribution < 1.29 is 9.90 Å². The first-order valence-corrected chi connectivity index (χ1v) is 6.93. The van der Waals surface area contributed by atoms with Crippen molar-refractivity contribution in [3.63, 3.8) is 0 Å². The van der Waals surface area contributed by atoms with Crippen molar-refractivity contribution in [2.24, 2.45) is 5.92 Å². The molecule has 1 aromatic heterocycles. The number of anilines is 1. The Morgan fingerprint density at radius 1 is 1.39 bits per heavy atom. The number of aromatic nitrogens is 1. The van der Waals surface area contributed by atoms with Gasteiger partial charge in [0, 0.05) is 18.8 Å². The summed E-state index contributed by atoms with van der Waals surface area (Å²) in [4.78, 5) is 17.5. The Morgan fingerprint density at radius 2 is 2.17 bits per heavy atom.